The van der Waals surface area contributed by atoms with E-state index in [0.29, 0.717) is 0 Å². The van der Waals surface area contributed by atoms with Crippen molar-refractivity contribution in [1.82, 2.24) is 0 Å². The summed E-state index contributed by atoms with van der Waals surface area (Å²) >= 11 is 0. The van der Waals surface area contributed by atoms with E-state index in [1.807, 2.05) is 6.26 Å². The minimum atomic E-state index is -0.0670. The van der Waals surface area contributed by atoms with Crippen LogP contribution in [0.3, 0.4) is 0 Å². The van der Waals surface area contributed by atoms with Gasteiger partial charge in [0.2, 0.25) is 0 Å². The number of benzene rings is 8. The van der Waals surface area contributed by atoms with Gasteiger partial charge in [0.15, 0.2) is 0 Å². The van der Waals surface area contributed by atoms with Gasteiger partial charge in [0.1, 0.15) is 5.58 Å². The standard InChI is InChI=1S/C47H32O/c1-47(2)41-23-13-12-18-33(41)34-25-24-31(27-42(34)47)43-35-19-8-10-21-37(35)45(38-22-11-9-20-36(38)43)40-28-48-46-39(40)26-30-16-6-7-17-32(30)44(46)29-14-4-3-5-15-29/h3-28H,1-2H3. The van der Waals surface area contributed by atoms with Crippen LogP contribution in [0.4, 0.5) is 0 Å². The Morgan fingerprint density at radius 3 is 1.71 bits per heavy atom. The highest BCUT2D eigenvalue weighted by molar-refractivity contribution is 6.25. The van der Waals surface area contributed by atoms with Crippen molar-refractivity contribution in [3.63, 3.8) is 0 Å². The second-order valence-corrected chi connectivity index (χ2v) is 13.6. The van der Waals surface area contributed by atoms with Crippen LogP contribution in [-0.4, -0.2) is 0 Å². The lowest BCUT2D eigenvalue weighted by Crippen LogP contribution is -2.14. The maximum absolute atomic E-state index is 6.61. The second-order valence-electron chi connectivity index (χ2n) is 13.6. The van der Waals surface area contributed by atoms with Crippen molar-refractivity contribution in [3.8, 4) is 44.5 Å². The van der Waals surface area contributed by atoms with E-state index < -0.39 is 0 Å². The lowest BCUT2D eigenvalue weighted by atomic mass is 9.80. The van der Waals surface area contributed by atoms with Gasteiger partial charge >= 0.3 is 0 Å². The molecule has 0 radical (unpaired) electrons. The summed E-state index contributed by atoms with van der Waals surface area (Å²) in [7, 11) is 0. The Balaban J connectivity index is 1.28. The second kappa shape index (κ2) is 10.0. The van der Waals surface area contributed by atoms with Crippen LogP contribution >= 0.6 is 0 Å². The van der Waals surface area contributed by atoms with E-state index in [1.54, 1.807) is 0 Å². The molecule has 1 aliphatic rings. The number of rotatable bonds is 3. The van der Waals surface area contributed by atoms with Crippen LogP contribution in [0.5, 0.6) is 0 Å². The third-order valence-electron chi connectivity index (χ3n) is 10.7. The molecule has 1 nitrogen and oxygen atoms in total. The molecule has 0 amide bonds. The van der Waals surface area contributed by atoms with E-state index in [9.17, 15) is 0 Å². The molecule has 0 fully saturated rings. The van der Waals surface area contributed by atoms with Gasteiger partial charge in [0.25, 0.3) is 0 Å². The highest BCUT2D eigenvalue weighted by atomic mass is 16.3. The maximum atomic E-state index is 6.61. The average Bonchev–Trinajstić information content (AvgIpc) is 3.65. The van der Waals surface area contributed by atoms with Crippen LogP contribution in [-0.2, 0) is 5.41 Å². The van der Waals surface area contributed by atoms with Gasteiger partial charge in [0, 0.05) is 27.5 Å². The van der Waals surface area contributed by atoms with E-state index in [4.69, 9.17) is 4.42 Å². The molecule has 0 aliphatic heterocycles. The smallest absolute Gasteiger partial charge is 0.142 e. The summed E-state index contributed by atoms with van der Waals surface area (Å²) in [6, 6.07) is 55.4. The quantitative estimate of drug-likeness (QED) is 0.181. The Morgan fingerprint density at radius 2 is 0.979 bits per heavy atom. The molecule has 8 aromatic carbocycles. The van der Waals surface area contributed by atoms with Crippen LogP contribution in [0, 0.1) is 0 Å². The Kier molecular flexibility index (Phi) is 5.69. The predicted molar refractivity (Wildman–Crippen MR) is 203 cm³/mol. The van der Waals surface area contributed by atoms with Gasteiger partial charge in [-0.3, -0.25) is 0 Å². The highest BCUT2D eigenvalue weighted by Crippen LogP contribution is 2.52. The molecule has 0 N–H and O–H groups in total. The van der Waals surface area contributed by atoms with Gasteiger partial charge in [-0.05, 0) is 83.4 Å². The van der Waals surface area contributed by atoms with E-state index >= 15 is 0 Å². The number of furan rings is 1. The molecule has 226 valence electrons. The molecule has 1 aromatic heterocycles. The summed E-state index contributed by atoms with van der Waals surface area (Å²) in [5.41, 5.74) is 13.5. The van der Waals surface area contributed by atoms with E-state index in [0.717, 1.165) is 27.7 Å². The molecule has 0 spiro atoms. The SMILES string of the molecule is CC1(C)c2ccccc2-c2ccc(-c3c4ccccc4c(-c4coc5c(-c6ccccc6)c6ccccc6cc45)c4ccccc34)cc21. The zero-order chi connectivity index (χ0) is 32.0. The summed E-state index contributed by atoms with van der Waals surface area (Å²) < 4.78 is 6.61. The topological polar surface area (TPSA) is 13.1 Å². The lowest BCUT2D eigenvalue weighted by molar-refractivity contribution is 0.618. The molecular formula is C47H32O. The number of hydrogen-bond donors (Lipinski definition) is 0. The molecule has 1 heteroatoms. The van der Waals surface area contributed by atoms with Crippen LogP contribution < -0.4 is 0 Å². The third kappa shape index (κ3) is 3.73. The van der Waals surface area contributed by atoms with Crippen LogP contribution in [0.2, 0.25) is 0 Å². The Bertz CT molecular complexity index is 2690. The van der Waals surface area contributed by atoms with Gasteiger partial charge < -0.3 is 4.42 Å². The molecule has 0 atom stereocenters. The summed E-state index contributed by atoms with van der Waals surface area (Å²) in [6.07, 6.45) is 1.99. The molecule has 10 rings (SSSR count). The van der Waals surface area contributed by atoms with E-state index in [2.05, 4.69) is 166 Å². The fraction of sp³-hybridized carbons (Fsp3) is 0.0638. The molecule has 0 saturated heterocycles. The van der Waals surface area contributed by atoms with Crippen LogP contribution in [0.15, 0.2) is 162 Å². The first-order valence-corrected chi connectivity index (χ1v) is 16.8. The normalized spacial score (nSPS) is 13.4. The predicted octanol–water partition coefficient (Wildman–Crippen LogP) is 13.2. The third-order valence-corrected chi connectivity index (χ3v) is 10.7. The van der Waals surface area contributed by atoms with Crippen molar-refractivity contribution in [2.45, 2.75) is 19.3 Å². The van der Waals surface area contributed by atoms with Crippen molar-refractivity contribution < 1.29 is 4.42 Å². The maximum Gasteiger partial charge on any atom is 0.142 e. The van der Waals surface area contributed by atoms with Crippen LogP contribution in [0.25, 0.3) is 87.8 Å². The molecule has 48 heavy (non-hydrogen) atoms. The van der Waals surface area contributed by atoms with Crippen molar-refractivity contribution in [3.05, 3.63) is 169 Å². The Labute approximate surface area is 279 Å². The summed E-state index contributed by atoms with van der Waals surface area (Å²) in [4.78, 5) is 0. The molecule has 1 heterocycles. The minimum absolute atomic E-state index is 0.0670. The fourth-order valence-corrected chi connectivity index (χ4v) is 8.51. The van der Waals surface area contributed by atoms with Gasteiger partial charge in [-0.2, -0.15) is 0 Å². The van der Waals surface area contributed by atoms with E-state index in [-0.39, 0.29) is 5.41 Å². The minimum Gasteiger partial charge on any atom is -0.463 e. The van der Waals surface area contributed by atoms with Crippen molar-refractivity contribution >= 4 is 43.3 Å². The number of hydrogen-bond acceptors (Lipinski definition) is 1. The Hall–Kier alpha value is -5.92. The monoisotopic (exact) mass is 612 g/mol. The molecule has 1 aliphatic carbocycles. The van der Waals surface area contributed by atoms with E-state index in [1.165, 1.54) is 71.3 Å². The summed E-state index contributed by atoms with van der Waals surface area (Å²) in [5.74, 6) is 0. The van der Waals surface area contributed by atoms with Crippen LogP contribution in [0.1, 0.15) is 25.0 Å². The van der Waals surface area contributed by atoms with Crippen molar-refractivity contribution in [2.75, 3.05) is 0 Å². The first-order chi connectivity index (χ1) is 23.6. The number of fused-ring (bicyclic) bond motifs is 7. The fourth-order valence-electron chi connectivity index (χ4n) is 8.51. The largest absolute Gasteiger partial charge is 0.463 e. The zero-order valence-corrected chi connectivity index (χ0v) is 26.9. The van der Waals surface area contributed by atoms with Gasteiger partial charge in [-0.25, -0.2) is 0 Å². The molecular weight excluding hydrogens is 581 g/mol. The van der Waals surface area contributed by atoms with Gasteiger partial charge in [-0.15, -0.1) is 0 Å². The van der Waals surface area contributed by atoms with Gasteiger partial charge in [-0.1, -0.05) is 153 Å². The molecule has 0 unspecified atom stereocenters. The van der Waals surface area contributed by atoms with Gasteiger partial charge in [0.05, 0.1) is 6.26 Å². The molecule has 0 saturated carbocycles. The lowest BCUT2D eigenvalue weighted by Gasteiger charge is -2.23. The molecule has 0 bridgehead atoms. The highest BCUT2D eigenvalue weighted by Gasteiger charge is 2.35. The zero-order valence-electron chi connectivity index (χ0n) is 26.9. The summed E-state index contributed by atoms with van der Waals surface area (Å²) in [6.45, 7) is 4.72. The first kappa shape index (κ1) is 27.2. The molecule has 9 aromatic rings. The van der Waals surface area contributed by atoms with Crippen molar-refractivity contribution in [2.24, 2.45) is 0 Å². The first-order valence-electron chi connectivity index (χ1n) is 16.8. The average molecular weight is 613 g/mol. The van der Waals surface area contributed by atoms with Crippen molar-refractivity contribution in [1.29, 1.82) is 0 Å². The Morgan fingerprint density at radius 1 is 0.396 bits per heavy atom. The summed E-state index contributed by atoms with van der Waals surface area (Å²) in [5, 5.41) is 8.49.